The van der Waals surface area contributed by atoms with Gasteiger partial charge in [0.15, 0.2) is 0 Å². The van der Waals surface area contributed by atoms with Crippen molar-refractivity contribution in [3.8, 4) is 16.9 Å². The molecule has 0 aliphatic rings. The normalized spacial score (nSPS) is 10.9. The van der Waals surface area contributed by atoms with Crippen LogP contribution >= 0.6 is 0 Å². The van der Waals surface area contributed by atoms with E-state index in [2.05, 4.69) is 15.4 Å². The largest absolute Gasteiger partial charge is 0.507 e. The summed E-state index contributed by atoms with van der Waals surface area (Å²) in [5.74, 6) is 0.186. The summed E-state index contributed by atoms with van der Waals surface area (Å²) in [5, 5.41) is 20.7. The Bertz CT molecular complexity index is 705. The number of phenolic OH excluding ortho intramolecular Hbond substituents is 1. The van der Waals surface area contributed by atoms with Gasteiger partial charge in [0.05, 0.1) is 5.56 Å². The van der Waals surface area contributed by atoms with Crippen LogP contribution in [0.1, 0.15) is 5.56 Å². The maximum Gasteiger partial charge on any atom is 0.125 e. The second-order valence-electron chi connectivity index (χ2n) is 4.06. The number of H-pyrrole nitrogens is 1. The van der Waals surface area contributed by atoms with Gasteiger partial charge in [-0.3, -0.25) is 0 Å². The summed E-state index contributed by atoms with van der Waals surface area (Å²) in [5.41, 5.74) is 9.58. The molecule has 3 rings (SSSR count). The number of hydrogen-bond acceptors (Lipinski definition) is 4. The third kappa shape index (κ3) is 1.61. The molecule has 1 heterocycles. The van der Waals surface area contributed by atoms with Crippen LogP contribution in [0.3, 0.4) is 0 Å². The van der Waals surface area contributed by atoms with Crippen molar-refractivity contribution in [1.82, 2.24) is 15.4 Å². The Morgan fingerprint density at radius 3 is 2.89 bits per heavy atom. The van der Waals surface area contributed by atoms with Gasteiger partial charge >= 0.3 is 0 Å². The van der Waals surface area contributed by atoms with Crippen molar-refractivity contribution < 1.29 is 5.11 Å². The lowest BCUT2D eigenvalue weighted by Gasteiger charge is -2.06. The average molecular weight is 240 g/mol. The molecule has 0 unspecified atom stereocenters. The van der Waals surface area contributed by atoms with Gasteiger partial charge in [-0.15, -0.1) is 0 Å². The Morgan fingerprint density at radius 1 is 1.17 bits per heavy atom. The molecule has 0 fully saturated rings. The van der Waals surface area contributed by atoms with Crippen molar-refractivity contribution in [1.29, 1.82) is 0 Å². The van der Waals surface area contributed by atoms with Gasteiger partial charge in [-0.05, 0) is 29.3 Å². The summed E-state index contributed by atoms with van der Waals surface area (Å²) in [4.78, 5) is 0. The summed E-state index contributed by atoms with van der Waals surface area (Å²) >= 11 is 0. The molecule has 5 heteroatoms. The topological polar surface area (TPSA) is 87.8 Å². The lowest BCUT2D eigenvalue weighted by molar-refractivity contribution is 0.478. The number of aromatic amines is 1. The molecule has 0 radical (unpaired) electrons. The number of aromatic hydroxyl groups is 1. The van der Waals surface area contributed by atoms with E-state index in [-0.39, 0.29) is 5.75 Å². The number of hydrogen-bond donors (Lipinski definition) is 3. The van der Waals surface area contributed by atoms with Crippen LogP contribution in [0.4, 0.5) is 0 Å². The highest BCUT2D eigenvalue weighted by molar-refractivity contribution is 5.94. The van der Waals surface area contributed by atoms with Crippen molar-refractivity contribution in [3.63, 3.8) is 0 Å². The maximum absolute atomic E-state index is 10.0. The number of aromatic nitrogens is 3. The first kappa shape index (κ1) is 10.7. The second-order valence-corrected chi connectivity index (χ2v) is 4.06. The first-order valence-electron chi connectivity index (χ1n) is 5.61. The van der Waals surface area contributed by atoms with Gasteiger partial charge in [-0.1, -0.05) is 18.2 Å². The molecular weight excluding hydrogens is 228 g/mol. The van der Waals surface area contributed by atoms with E-state index in [4.69, 9.17) is 5.73 Å². The lowest BCUT2D eigenvalue weighted by Crippen LogP contribution is -1.96. The highest BCUT2D eigenvalue weighted by Crippen LogP contribution is 2.34. The fourth-order valence-electron chi connectivity index (χ4n) is 2.04. The highest BCUT2D eigenvalue weighted by atomic mass is 16.3. The van der Waals surface area contributed by atoms with E-state index in [1.54, 1.807) is 12.1 Å². The van der Waals surface area contributed by atoms with E-state index in [1.165, 1.54) is 0 Å². The van der Waals surface area contributed by atoms with Crippen molar-refractivity contribution in [3.05, 3.63) is 42.0 Å². The van der Waals surface area contributed by atoms with Crippen molar-refractivity contribution in [2.24, 2.45) is 5.73 Å². The molecule has 0 saturated carbocycles. The molecular formula is C13H12N4O. The summed E-state index contributed by atoms with van der Waals surface area (Å²) in [7, 11) is 0. The quantitative estimate of drug-likeness (QED) is 0.637. The van der Waals surface area contributed by atoms with Gasteiger partial charge in [-0.25, -0.2) is 0 Å². The Balaban J connectivity index is 2.29. The number of fused-ring (bicyclic) bond motifs is 1. The van der Waals surface area contributed by atoms with E-state index in [0.29, 0.717) is 17.6 Å². The van der Waals surface area contributed by atoms with Crippen LogP contribution in [-0.4, -0.2) is 20.5 Å². The molecule has 0 spiro atoms. The number of nitrogens with two attached hydrogens (primary N) is 1. The molecule has 0 atom stereocenters. The smallest absolute Gasteiger partial charge is 0.125 e. The molecule has 0 bridgehead atoms. The Labute approximate surface area is 103 Å². The minimum absolute atomic E-state index is 0.186. The van der Waals surface area contributed by atoms with E-state index < -0.39 is 0 Å². The molecule has 5 nitrogen and oxygen atoms in total. The SMILES string of the molecule is NCc1cccc(-c2c(O)ccc3n[nH]nc23)c1. The van der Waals surface area contributed by atoms with E-state index in [1.807, 2.05) is 24.3 Å². The summed E-state index contributed by atoms with van der Waals surface area (Å²) in [6, 6.07) is 11.1. The van der Waals surface area contributed by atoms with Crippen LogP contribution in [0, 0.1) is 0 Å². The van der Waals surface area contributed by atoms with Gasteiger partial charge in [-0.2, -0.15) is 15.4 Å². The van der Waals surface area contributed by atoms with Crippen LogP contribution < -0.4 is 5.73 Å². The zero-order valence-corrected chi connectivity index (χ0v) is 9.59. The zero-order chi connectivity index (χ0) is 12.5. The molecule has 3 aromatic rings. The van der Waals surface area contributed by atoms with Crippen LogP contribution in [0.2, 0.25) is 0 Å². The van der Waals surface area contributed by atoms with Gasteiger partial charge in [0, 0.05) is 6.54 Å². The fraction of sp³-hybridized carbons (Fsp3) is 0.0769. The Hall–Kier alpha value is -2.40. The minimum atomic E-state index is 0.186. The Morgan fingerprint density at radius 2 is 2.06 bits per heavy atom. The van der Waals surface area contributed by atoms with Gasteiger partial charge in [0.1, 0.15) is 16.8 Å². The average Bonchev–Trinajstić information content (AvgIpc) is 2.87. The van der Waals surface area contributed by atoms with E-state index in [9.17, 15) is 5.11 Å². The summed E-state index contributed by atoms with van der Waals surface area (Å²) < 4.78 is 0. The lowest BCUT2D eigenvalue weighted by atomic mass is 10.0. The van der Waals surface area contributed by atoms with Crippen LogP contribution in [-0.2, 0) is 6.54 Å². The Kier molecular flexibility index (Phi) is 2.46. The van der Waals surface area contributed by atoms with E-state index >= 15 is 0 Å². The number of rotatable bonds is 2. The number of phenols is 1. The third-order valence-electron chi connectivity index (χ3n) is 2.92. The monoisotopic (exact) mass is 240 g/mol. The van der Waals surface area contributed by atoms with Crippen LogP contribution in [0.15, 0.2) is 36.4 Å². The van der Waals surface area contributed by atoms with Crippen molar-refractivity contribution >= 4 is 11.0 Å². The molecule has 0 amide bonds. The highest BCUT2D eigenvalue weighted by Gasteiger charge is 2.12. The maximum atomic E-state index is 10.0. The van der Waals surface area contributed by atoms with Crippen molar-refractivity contribution in [2.75, 3.05) is 0 Å². The molecule has 0 saturated heterocycles. The molecule has 0 aliphatic carbocycles. The van der Waals surface area contributed by atoms with Gasteiger partial charge in [0.25, 0.3) is 0 Å². The number of benzene rings is 2. The minimum Gasteiger partial charge on any atom is -0.507 e. The predicted molar refractivity (Wildman–Crippen MR) is 68.9 cm³/mol. The molecule has 4 N–H and O–H groups in total. The summed E-state index contributed by atoms with van der Waals surface area (Å²) in [6.07, 6.45) is 0. The molecule has 0 aliphatic heterocycles. The molecule has 18 heavy (non-hydrogen) atoms. The standard InChI is InChI=1S/C13H12N4O/c14-7-8-2-1-3-9(6-8)12-11(18)5-4-10-13(12)16-17-15-10/h1-6,18H,7,14H2,(H,15,16,17). The van der Waals surface area contributed by atoms with E-state index in [0.717, 1.165) is 16.6 Å². The zero-order valence-electron chi connectivity index (χ0n) is 9.59. The van der Waals surface area contributed by atoms with Gasteiger partial charge in [0.2, 0.25) is 0 Å². The van der Waals surface area contributed by atoms with Crippen LogP contribution in [0.5, 0.6) is 5.75 Å². The molecule has 2 aromatic carbocycles. The predicted octanol–water partition coefficient (Wildman–Crippen LogP) is 1.79. The fourth-order valence-corrected chi connectivity index (χ4v) is 2.04. The van der Waals surface area contributed by atoms with Gasteiger partial charge < -0.3 is 10.8 Å². The van der Waals surface area contributed by atoms with Crippen molar-refractivity contribution in [2.45, 2.75) is 6.54 Å². The molecule has 90 valence electrons. The van der Waals surface area contributed by atoms with Crippen LogP contribution in [0.25, 0.3) is 22.2 Å². The second kappa shape index (κ2) is 4.12. The molecule has 1 aromatic heterocycles. The third-order valence-corrected chi connectivity index (χ3v) is 2.92. The number of nitrogens with zero attached hydrogens (tertiary/aromatic N) is 2. The first-order chi connectivity index (χ1) is 8.79. The number of nitrogens with one attached hydrogen (secondary N) is 1. The first-order valence-corrected chi connectivity index (χ1v) is 5.61. The summed E-state index contributed by atoms with van der Waals surface area (Å²) in [6.45, 7) is 0.462.